The molecule has 27 heavy (non-hydrogen) atoms. The number of anilines is 1. The van der Waals surface area contributed by atoms with Crippen LogP contribution in [0.4, 0.5) is 9.52 Å². The van der Waals surface area contributed by atoms with Crippen LogP contribution in [0.15, 0.2) is 47.8 Å². The van der Waals surface area contributed by atoms with E-state index in [9.17, 15) is 9.18 Å². The Morgan fingerprint density at radius 2 is 2.04 bits per heavy atom. The van der Waals surface area contributed by atoms with E-state index in [0.717, 1.165) is 17.7 Å². The van der Waals surface area contributed by atoms with Gasteiger partial charge in [0.05, 0.1) is 10.7 Å². The van der Waals surface area contributed by atoms with Crippen LogP contribution in [0.2, 0.25) is 5.02 Å². The van der Waals surface area contributed by atoms with Gasteiger partial charge in [0.1, 0.15) is 11.6 Å². The molecule has 0 radical (unpaired) electrons. The molecule has 1 aromatic heterocycles. The lowest BCUT2D eigenvalue weighted by Gasteiger charge is -2.14. The van der Waals surface area contributed by atoms with Crippen LogP contribution in [-0.4, -0.2) is 17.0 Å². The highest BCUT2D eigenvalue weighted by Crippen LogP contribution is 2.26. The quantitative estimate of drug-likeness (QED) is 0.584. The second-order valence-electron chi connectivity index (χ2n) is 5.91. The number of hydrogen-bond donors (Lipinski definition) is 1. The fourth-order valence-corrected chi connectivity index (χ4v) is 3.28. The molecular weight excluding hydrogens is 387 g/mol. The van der Waals surface area contributed by atoms with E-state index < -0.39 is 11.9 Å². The van der Waals surface area contributed by atoms with Crippen molar-refractivity contribution in [1.82, 2.24) is 4.98 Å². The van der Waals surface area contributed by atoms with Crippen LogP contribution in [0.25, 0.3) is 11.3 Å². The normalized spacial score (nSPS) is 11.9. The molecule has 0 fully saturated rings. The average molecular weight is 405 g/mol. The number of hydrogen-bond acceptors (Lipinski definition) is 4. The Labute approximate surface area is 166 Å². The Bertz CT molecular complexity index is 943. The number of carbonyl (C=O) groups is 1. The van der Waals surface area contributed by atoms with Gasteiger partial charge >= 0.3 is 0 Å². The van der Waals surface area contributed by atoms with Crippen LogP contribution >= 0.6 is 22.9 Å². The molecule has 0 aliphatic heterocycles. The van der Waals surface area contributed by atoms with Gasteiger partial charge in [0.2, 0.25) is 0 Å². The number of rotatable bonds is 6. The van der Waals surface area contributed by atoms with Crippen LogP contribution in [0.3, 0.4) is 0 Å². The topological polar surface area (TPSA) is 51.2 Å². The van der Waals surface area contributed by atoms with Crippen LogP contribution in [0, 0.1) is 5.82 Å². The van der Waals surface area contributed by atoms with Crippen molar-refractivity contribution in [3.05, 3.63) is 64.2 Å². The molecular formula is C20H18ClFN2O2S. The summed E-state index contributed by atoms with van der Waals surface area (Å²) < 4.78 is 18.7. The first-order chi connectivity index (χ1) is 13.0. The molecule has 1 amide bonds. The zero-order chi connectivity index (χ0) is 19.4. The maximum atomic E-state index is 13.2. The van der Waals surface area contributed by atoms with Crippen molar-refractivity contribution in [2.75, 3.05) is 5.32 Å². The van der Waals surface area contributed by atoms with Gasteiger partial charge in [-0.1, -0.05) is 42.8 Å². The lowest BCUT2D eigenvalue weighted by atomic mass is 10.1. The van der Waals surface area contributed by atoms with Gasteiger partial charge in [0.15, 0.2) is 11.2 Å². The summed E-state index contributed by atoms with van der Waals surface area (Å²) in [6, 6.07) is 12.1. The highest BCUT2D eigenvalue weighted by Gasteiger charge is 2.17. The summed E-state index contributed by atoms with van der Waals surface area (Å²) in [5.41, 5.74) is 3.06. The molecule has 0 unspecified atom stereocenters. The molecule has 140 valence electrons. The molecule has 1 N–H and O–H groups in total. The van der Waals surface area contributed by atoms with Gasteiger partial charge in [-0.05, 0) is 31.0 Å². The van der Waals surface area contributed by atoms with Crippen LogP contribution in [-0.2, 0) is 11.2 Å². The van der Waals surface area contributed by atoms with Gasteiger partial charge in [0, 0.05) is 17.0 Å². The Morgan fingerprint density at radius 3 is 2.70 bits per heavy atom. The molecule has 3 aromatic rings. The number of ether oxygens (including phenoxy) is 1. The standard InChI is InChI=1S/C20H18ClFN2O2S/c1-3-13-4-6-14(7-5-13)18-11-27-20(23-18)24-19(25)12(2)26-15-8-9-17(22)16(21)10-15/h4-12H,3H2,1-2H3,(H,23,24,25)/t12-/m1/s1. The summed E-state index contributed by atoms with van der Waals surface area (Å²) in [7, 11) is 0. The fourth-order valence-electron chi connectivity index (χ4n) is 2.39. The third kappa shape index (κ3) is 4.84. The predicted octanol–water partition coefficient (Wildman–Crippen LogP) is 5.57. The SMILES string of the molecule is CCc1ccc(-c2csc(NC(=O)[C@@H](C)Oc3ccc(F)c(Cl)c3)n2)cc1. The van der Waals surface area contributed by atoms with E-state index >= 15 is 0 Å². The predicted molar refractivity (Wildman–Crippen MR) is 107 cm³/mol. The number of nitrogens with one attached hydrogen (secondary N) is 1. The third-order valence-electron chi connectivity index (χ3n) is 3.97. The number of aryl methyl sites for hydroxylation is 1. The lowest BCUT2D eigenvalue weighted by molar-refractivity contribution is -0.122. The van der Waals surface area contributed by atoms with E-state index in [-0.39, 0.29) is 10.9 Å². The Kier molecular flexibility index (Phi) is 6.08. The maximum Gasteiger partial charge on any atom is 0.266 e. The van der Waals surface area contributed by atoms with Gasteiger partial charge in [-0.25, -0.2) is 9.37 Å². The molecule has 1 heterocycles. The first kappa shape index (κ1) is 19.3. The monoisotopic (exact) mass is 404 g/mol. The number of nitrogens with zero attached hydrogens (tertiary/aromatic N) is 1. The average Bonchev–Trinajstić information content (AvgIpc) is 3.13. The molecule has 1 atom stereocenters. The second kappa shape index (κ2) is 8.50. The molecule has 0 aliphatic rings. The molecule has 0 saturated heterocycles. The Morgan fingerprint density at radius 1 is 1.30 bits per heavy atom. The summed E-state index contributed by atoms with van der Waals surface area (Å²) in [6.45, 7) is 3.71. The summed E-state index contributed by atoms with van der Waals surface area (Å²) in [5, 5.41) is 5.06. The number of thiazole rings is 1. The van der Waals surface area contributed by atoms with E-state index in [1.807, 2.05) is 17.5 Å². The summed E-state index contributed by atoms with van der Waals surface area (Å²) in [6.07, 6.45) is 0.193. The van der Waals surface area contributed by atoms with Gasteiger partial charge in [-0.3, -0.25) is 10.1 Å². The van der Waals surface area contributed by atoms with E-state index in [1.54, 1.807) is 6.92 Å². The van der Waals surface area contributed by atoms with Crippen molar-refractivity contribution in [1.29, 1.82) is 0 Å². The first-order valence-corrected chi connectivity index (χ1v) is 9.69. The van der Waals surface area contributed by atoms with Crippen LogP contribution in [0.5, 0.6) is 5.75 Å². The Hall–Kier alpha value is -2.44. The zero-order valence-electron chi connectivity index (χ0n) is 14.8. The molecule has 0 bridgehead atoms. The minimum absolute atomic E-state index is 0.0567. The number of halogens is 2. The van der Waals surface area contributed by atoms with Crippen LogP contribution < -0.4 is 10.1 Å². The smallest absolute Gasteiger partial charge is 0.266 e. The molecule has 3 rings (SSSR count). The van der Waals surface area contributed by atoms with Crippen molar-refractivity contribution < 1.29 is 13.9 Å². The number of carbonyl (C=O) groups excluding carboxylic acids is 1. The second-order valence-corrected chi connectivity index (χ2v) is 7.18. The molecule has 4 nitrogen and oxygen atoms in total. The molecule has 2 aromatic carbocycles. The van der Waals surface area contributed by atoms with Gasteiger partial charge < -0.3 is 4.74 Å². The van der Waals surface area contributed by atoms with E-state index in [4.69, 9.17) is 16.3 Å². The summed E-state index contributed by atoms with van der Waals surface area (Å²) in [4.78, 5) is 16.8. The van der Waals surface area contributed by atoms with Crippen molar-refractivity contribution in [2.45, 2.75) is 26.4 Å². The van der Waals surface area contributed by atoms with E-state index in [0.29, 0.717) is 10.9 Å². The minimum Gasteiger partial charge on any atom is -0.481 e. The molecule has 0 spiro atoms. The number of aromatic nitrogens is 1. The largest absolute Gasteiger partial charge is 0.481 e. The number of amides is 1. The third-order valence-corrected chi connectivity index (χ3v) is 5.01. The summed E-state index contributed by atoms with van der Waals surface area (Å²) >= 11 is 7.06. The van der Waals surface area contributed by atoms with Crippen molar-refractivity contribution >= 4 is 34.0 Å². The lowest BCUT2D eigenvalue weighted by Crippen LogP contribution is -2.30. The van der Waals surface area contributed by atoms with Crippen molar-refractivity contribution in [3.63, 3.8) is 0 Å². The first-order valence-electron chi connectivity index (χ1n) is 8.43. The molecule has 7 heteroatoms. The molecule has 0 saturated carbocycles. The summed E-state index contributed by atoms with van der Waals surface area (Å²) in [5.74, 6) is -0.569. The zero-order valence-corrected chi connectivity index (χ0v) is 16.4. The van der Waals surface area contributed by atoms with E-state index in [2.05, 4.69) is 29.4 Å². The van der Waals surface area contributed by atoms with Gasteiger partial charge in [-0.2, -0.15) is 0 Å². The fraction of sp³-hybridized carbons (Fsp3) is 0.200. The molecule has 0 aliphatic carbocycles. The van der Waals surface area contributed by atoms with Gasteiger partial charge in [0.25, 0.3) is 5.91 Å². The van der Waals surface area contributed by atoms with Gasteiger partial charge in [-0.15, -0.1) is 11.3 Å². The van der Waals surface area contributed by atoms with Crippen molar-refractivity contribution in [2.24, 2.45) is 0 Å². The maximum absolute atomic E-state index is 13.2. The van der Waals surface area contributed by atoms with Crippen LogP contribution in [0.1, 0.15) is 19.4 Å². The van der Waals surface area contributed by atoms with E-state index in [1.165, 1.54) is 35.1 Å². The van der Waals surface area contributed by atoms with Crippen molar-refractivity contribution in [3.8, 4) is 17.0 Å². The number of benzene rings is 2. The highest BCUT2D eigenvalue weighted by molar-refractivity contribution is 7.14. The minimum atomic E-state index is -0.789. The Balaban J connectivity index is 1.63. The highest BCUT2D eigenvalue weighted by atomic mass is 35.5.